The molecule has 1 saturated heterocycles. The first-order valence-corrected chi connectivity index (χ1v) is 9.17. The summed E-state index contributed by atoms with van der Waals surface area (Å²) in [5.74, 6) is 2.09. The highest BCUT2D eigenvalue weighted by molar-refractivity contribution is 5.55. The minimum Gasteiger partial charge on any atom is -0.497 e. The highest BCUT2D eigenvalue weighted by atomic mass is 16.5. The summed E-state index contributed by atoms with van der Waals surface area (Å²) < 4.78 is 16.2. The summed E-state index contributed by atoms with van der Waals surface area (Å²) in [6, 6.07) is 7.66. The van der Waals surface area contributed by atoms with E-state index in [4.69, 9.17) is 14.0 Å². The number of hydrogen-bond donors (Lipinski definition) is 0. The first-order valence-electron chi connectivity index (χ1n) is 9.17. The molecule has 7 heteroatoms. The van der Waals surface area contributed by atoms with Gasteiger partial charge in [-0.15, -0.1) is 0 Å². The maximum Gasteiger partial charge on any atom is 0.241 e. The number of rotatable bonds is 8. The van der Waals surface area contributed by atoms with Gasteiger partial charge in [-0.05, 0) is 38.1 Å². The fraction of sp³-hybridized carbons (Fsp3) is 0.579. The van der Waals surface area contributed by atoms with Crippen molar-refractivity contribution >= 4 is 0 Å². The van der Waals surface area contributed by atoms with E-state index < -0.39 is 0 Å². The third-order valence-corrected chi connectivity index (χ3v) is 4.50. The molecule has 0 bridgehead atoms. The van der Waals surface area contributed by atoms with Crippen molar-refractivity contribution in [3.63, 3.8) is 0 Å². The summed E-state index contributed by atoms with van der Waals surface area (Å²) in [5, 5.41) is 4.10. The Morgan fingerprint density at radius 3 is 2.42 bits per heavy atom. The summed E-state index contributed by atoms with van der Waals surface area (Å²) in [6.45, 7) is 10.7. The van der Waals surface area contributed by atoms with Gasteiger partial charge in [-0.25, -0.2) is 0 Å². The lowest BCUT2D eigenvalue weighted by Crippen LogP contribution is -2.46. The van der Waals surface area contributed by atoms with Crippen molar-refractivity contribution in [2.45, 2.75) is 26.5 Å². The van der Waals surface area contributed by atoms with Crippen LogP contribution in [-0.4, -0.2) is 72.5 Å². The summed E-state index contributed by atoms with van der Waals surface area (Å²) >= 11 is 0. The van der Waals surface area contributed by atoms with Crippen LogP contribution in [0.3, 0.4) is 0 Å². The Labute approximate surface area is 154 Å². The van der Waals surface area contributed by atoms with Gasteiger partial charge in [0.1, 0.15) is 5.75 Å². The molecule has 3 rings (SSSR count). The molecule has 0 radical (unpaired) electrons. The van der Waals surface area contributed by atoms with E-state index >= 15 is 0 Å². The Hall–Kier alpha value is -1.96. The molecule has 1 aromatic heterocycles. The Morgan fingerprint density at radius 2 is 1.77 bits per heavy atom. The first kappa shape index (κ1) is 18.8. The molecule has 1 aliphatic rings. The third-order valence-electron chi connectivity index (χ3n) is 4.50. The normalized spacial score (nSPS) is 16.3. The van der Waals surface area contributed by atoms with Crippen molar-refractivity contribution in [1.29, 1.82) is 0 Å². The van der Waals surface area contributed by atoms with Crippen LogP contribution in [0, 0.1) is 0 Å². The van der Waals surface area contributed by atoms with Crippen LogP contribution >= 0.6 is 0 Å². The number of hydrogen-bond acceptors (Lipinski definition) is 7. The van der Waals surface area contributed by atoms with Crippen LogP contribution in [0.15, 0.2) is 28.8 Å². The van der Waals surface area contributed by atoms with Gasteiger partial charge < -0.3 is 14.0 Å². The second-order valence-electron chi connectivity index (χ2n) is 6.78. The summed E-state index contributed by atoms with van der Waals surface area (Å²) in [6.07, 6.45) is 0.300. The predicted molar refractivity (Wildman–Crippen MR) is 99.1 cm³/mol. The topological polar surface area (TPSA) is 63.9 Å². The van der Waals surface area contributed by atoms with E-state index in [2.05, 4.69) is 33.8 Å². The number of nitrogens with zero attached hydrogens (tertiary/aromatic N) is 4. The fourth-order valence-corrected chi connectivity index (χ4v) is 2.96. The Morgan fingerprint density at radius 1 is 1.08 bits per heavy atom. The molecule has 2 aromatic rings. The van der Waals surface area contributed by atoms with E-state index in [-0.39, 0.29) is 0 Å². The fourth-order valence-electron chi connectivity index (χ4n) is 2.96. The van der Waals surface area contributed by atoms with Gasteiger partial charge in [0.05, 0.1) is 26.4 Å². The van der Waals surface area contributed by atoms with Crippen molar-refractivity contribution in [2.24, 2.45) is 0 Å². The minimum absolute atomic E-state index is 0.300. The van der Waals surface area contributed by atoms with Crippen molar-refractivity contribution in [1.82, 2.24) is 19.9 Å². The van der Waals surface area contributed by atoms with E-state index in [1.54, 1.807) is 7.11 Å². The van der Waals surface area contributed by atoms with Gasteiger partial charge in [-0.2, -0.15) is 4.98 Å². The molecule has 0 atom stereocenters. The summed E-state index contributed by atoms with van der Waals surface area (Å²) in [5.41, 5.74) is 0.927. The molecule has 0 N–H and O–H groups in total. The predicted octanol–water partition coefficient (Wildman–Crippen LogP) is 2.29. The van der Waals surface area contributed by atoms with Crippen LogP contribution in [-0.2, 0) is 11.3 Å². The van der Waals surface area contributed by atoms with Crippen molar-refractivity contribution in [2.75, 3.05) is 46.4 Å². The standard InChI is InChI=1S/C19H28N4O3/c1-15(2)25-13-12-22-8-10-23(11-9-22)14-18-20-19(21-26-18)16-4-6-17(24-3)7-5-16/h4-7,15H,8-14H2,1-3H3. The quantitative estimate of drug-likeness (QED) is 0.715. The van der Waals surface area contributed by atoms with Crippen molar-refractivity contribution in [3.05, 3.63) is 30.2 Å². The molecule has 26 heavy (non-hydrogen) atoms. The number of piperazine rings is 1. The van der Waals surface area contributed by atoms with Crippen LogP contribution in [0.2, 0.25) is 0 Å². The third kappa shape index (κ3) is 5.27. The van der Waals surface area contributed by atoms with Gasteiger partial charge in [0.15, 0.2) is 0 Å². The van der Waals surface area contributed by atoms with Crippen LogP contribution in [0.4, 0.5) is 0 Å². The van der Waals surface area contributed by atoms with Crippen LogP contribution in [0.5, 0.6) is 5.75 Å². The minimum atomic E-state index is 0.300. The van der Waals surface area contributed by atoms with E-state index in [1.165, 1.54) is 0 Å². The Balaban J connectivity index is 1.46. The van der Waals surface area contributed by atoms with Gasteiger partial charge in [0.25, 0.3) is 0 Å². The molecular weight excluding hydrogens is 332 g/mol. The smallest absolute Gasteiger partial charge is 0.241 e. The summed E-state index contributed by atoms with van der Waals surface area (Å²) in [7, 11) is 1.65. The zero-order valence-corrected chi connectivity index (χ0v) is 15.9. The van der Waals surface area contributed by atoms with Gasteiger partial charge >= 0.3 is 0 Å². The molecule has 7 nitrogen and oxygen atoms in total. The highest BCUT2D eigenvalue weighted by Gasteiger charge is 2.19. The lowest BCUT2D eigenvalue weighted by Gasteiger charge is -2.33. The van der Waals surface area contributed by atoms with Crippen molar-refractivity contribution in [3.8, 4) is 17.1 Å². The molecule has 0 aliphatic carbocycles. The van der Waals surface area contributed by atoms with E-state index in [9.17, 15) is 0 Å². The molecule has 0 spiro atoms. The molecule has 1 fully saturated rings. The Bertz CT molecular complexity index is 664. The number of benzene rings is 1. The van der Waals surface area contributed by atoms with Gasteiger partial charge in [-0.1, -0.05) is 5.16 Å². The largest absolute Gasteiger partial charge is 0.497 e. The average Bonchev–Trinajstić information content (AvgIpc) is 3.11. The first-order chi connectivity index (χ1) is 12.6. The van der Waals surface area contributed by atoms with E-state index in [0.717, 1.165) is 50.6 Å². The SMILES string of the molecule is COc1ccc(-c2noc(CN3CCN(CCOC(C)C)CC3)n2)cc1. The maximum atomic E-state index is 5.63. The monoisotopic (exact) mass is 360 g/mol. The van der Waals surface area contributed by atoms with Crippen LogP contribution < -0.4 is 4.74 Å². The number of ether oxygens (including phenoxy) is 2. The Kier molecular flexibility index (Phi) is 6.60. The average molecular weight is 360 g/mol. The molecule has 0 amide bonds. The van der Waals surface area contributed by atoms with Gasteiger partial charge in [-0.3, -0.25) is 9.80 Å². The lowest BCUT2D eigenvalue weighted by molar-refractivity contribution is 0.0423. The summed E-state index contributed by atoms with van der Waals surface area (Å²) in [4.78, 5) is 9.32. The molecule has 2 heterocycles. The second-order valence-corrected chi connectivity index (χ2v) is 6.78. The van der Waals surface area contributed by atoms with Crippen LogP contribution in [0.25, 0.3) is 11.4 Å². The van der Waals surface area contributed by atoms with Crippen molar-refractivity contribution < 1.29 is 14.0 Å². The zero-order chi connectivity index (χ0) is 18.4. The molecule has 1 aromatic carbocycles. The molecule has 0 saturated carbocycles. The van der Waals surface area contributed by atoms with Gasteiger partial charge in [0.2, 0.25) is 11.7 Å². The highest BCUT2D eigenvalue weighted by Crippen LogP contribution is 2.20. The number of methoxy groups -OCH3 is 1. The number of aromatic nitrogens is 2. The maximum absolute atomic E-state index is 5.63. The lowest BCUT2D eigenvalue weighted by atomic mass is 10.2. The molecule has 1 aliphatic heterocycles. The van der Waals surface area contributed by atoms with Gasteiger partial charge in [0, 0.05) is 38.3 Å². The van der Waals surface area contributed by atoms with E-state index in [0.29, 0.717) is 24.4 Å². The molecular formula is C19H28N4O3. The second kappa shape index (κ2) is 9.12. The van der Waals surface area contributed by atoms with E-state index in [1.807, 2.05) is 24.3 Å². The zero-order valence-electron chi connectivity index (χ0n) is 15.9. The molecule has 142 valence electrons. The van der Waals surface area contributed by atoms with Crippen LogP contribution in [0.1, 0.15) is 19.7 Å². The molecule has 0 unspecified atom stereocenters.